The molecule has 0 saturated carbocycles. The number of hydrogen-bond donors (Lipinski definition) is 3. The summed E-state index contributed by atoms with van der Waals surface area (Å²) in [6.07, 6.45) is 0.207. The number of carbonyl (C=O) groups excluding carboxylic acids is 3. The van der Waals surface area contributed by atoms with E-state index in [-0.39, 0.29) is 34.9 Å². The molecule has 2 fully saturated rings. The Labute approximate surface area is 155 Å². The maximum atomic E-state index is 12.3. The van der Waals surface area contributed by atoms with Gasteiger partial charge in [-0.25, -0.2) is 31.4 Å². The van der Waals surface area contributed by atoms with Crippen LogP contribution in [0.25, 0.3) is 0 Å². The first-order valence-corrected chi connectivity index (χ1v) is 11.1. The van der Waals surface area contributed by atoms with Gasteiger partial charge < -0.3 is 0 Å². The summed E-state index contributed by atoms with van der Waals surface area (Å²) in [4.78, 5) is 34.4. The molecule has 2 aliphatic rings. The van der Waals surface area contributed by atoms with Crippen molar-refractivity contribution in [3.05, 3.63) is 29.8 Å². The molecule has 1 aromatic rings. The quantitative estimate of drug-likeness (QED) is 0.485. The van der Waals surface area contributed by atoms with E-state index < -0.39 is 43.7 Å². The molecule has 2 saturated heterocycles. The van der Waals surface area contributed by atoms with E-state index in [1.54, 1.807) is 0 Å². The first-order valence-electron chi connectivity index (χ1n) is 7.81. The molecule has 3 rings (SSSR count). The largest absolute Gasteiger partial charge is 0.343 e. The van der Waals surface area contributed by atoms with Crippen LogP contribution in [-0.2, 0) is 24.7 Å². The van der Waals surface area contributed by atoms with E-state index in [2.05, 4.69) is 10.1 Å². The Hall–Kier alpha value is -2.51. The van der Waals surface area contributed by atoms with Gasteiger partial charge in [0.05, 0.1) is 16.4 Å². The first kappa shape index (κ1) is 19.3. The second kappa shape index (κ2) is 6.90. The Morgan fingerprint density at radius 3 is 2.37 bits per heavy atom. The van der Waals surface area contributed by atoms with E-state index in [0.717, 1.165) is 5.01 Å². The lowest BCUT2D eigenvalue weighted by atomic mass is 10.2. The summed E-state index contributed by atoms with van der Waals surface area (Å²) in [5, 5.41) is 2.80. The van der Waals surface area contributed by atoms with Crippen molar-refractivity contribution in [3.63, 3.8) is 0 Å². The number of carbonyl (C=O) groups is 3. The average molecular weight is 416 g/mol. The number of urea groups is 1. The van der Waals surface area contributed by atoms with Crippen LogP contribution in [0.5, 0.6) is 0 Å². The van der Waals surface area contributed by atoms with Crippen molar-refractivity contribution >= 4 is 37.7 Å². The Balaban J connectivity index is 1.66. The van der Waals surface area contributed by atoms with Crippen LogP contribution < -0.4 is 15.5 Å². The number of hydrazine groups is 1. The number of amides is 4. The first-order chi connectivity index (χ1) is 12.6. The van der Waals surface area contributed by atoms with Crippen molar-refractivity contribution in [2.24, 2.45) is 0 Å². The molecule has 0 bridgehead atoms. The molecule has 0 unspecified atom stereocenters. The summed E-state index contributed by atoms with van der Waals surface area (Å²) < 4.78 is 49.9. The Morgan fingerprint density at radius 1 is 1.19 bits per heavy atom. The molecule has 0 spiro atoms. The van der Waals surface area contributed by atoms with Crippen LogP contribution in [0.2, 0.25) is 0 Å². The molecule has 0 aliphatic carbocycles. The standard InChI is InChI=1S/C14H16N4O7S2/c19-12-7-18(14(21)15-12)16-13(20)9-1-3-11(4-2-9)27(24,25)17-10-5-6-26(22,23)8-10/h1-4,10,17H,5-8H2,(H,16,20)(H,15,19,21)/t10-/m0/s1. The lowest BCUT2D eigenvalue weighted by Crippen LogP contribution is -2.44. The summed E-state index contributed by atoms with van der Waals surface area (Å²) in [6.45, 7) is -0.314. The van der Waals surface area contributed by atoms with Gasteiger partial charge in [-0.3, -0.25) is 20.3 Å². The molecule has 2 heterocycles. The van der Waals surface area contributed by atoms with E-state index in [1.165, 1.54) is 24.3 Å². The van der Waals surface area contributed by atoms with Crippen molar-refractivity contribution in [1.82, 2.24) is 20.5 Å². The summed E-state index contributed by atoms with van der Waals surface area (Å²) in [7, 11) is -7.17. The Bertz CT molecular complexity index is 1000. The maximum absolute atomic E-state index is 12.3. The number of rotatable bonds is 5. The van der Waals surface area contributed by atoms with E-state index in [1.807, 2.05) is 5.32 Å². The van der Waals surface area contributed by atoms with Crippen LogP contribution in [0, 0.1) is 0 Å². The number of hydrogen-bond acceptors (Lipinski definition) is 7. The zero-order valence-electron chi connectivity index (χ0n) is 13.8. The van der Waals surface area contributed by atoms with Gasteiger partial charge in [-0.1, -0.05) is 0 Å². The minimum atomic E-state index is -3.94. The SMILES string of the molecule is O=C1CN(NC(=O)c2ccc(S(=O)(=O)N[C@H]3CCS(=O)(=O)C3)cc2)C(=O)N1. The highest BCUT2D eigenvalue weighted by Crippen LogP contribution is 2.16. The van der Waals surface area contributed by atoms with Gasteiger partial charge in [0.25, 0.3) is 5.91 Å². The molecule has 13 heteroatoms. The van der Waals surface area contributed by atoms with Crippen LogP contribution in [0.15, 0.2) is 29.2 Å². The van der Waals surface area contributed by atoms with Gasteiger partial charge in [-0.15, -0.1) is 0 Å². The normalized spacial score (nSPS) is 21.9. The minimum absolute atomic E-state index is 0.0636. The summed E-state index contributed by atoms with van der Waals surface area (Å²) in [5.74, 6) is -1.56. The van der Waals surface area contributed by atoms with Gasteiger partial charge >= 0.3 is 6.03 Å². The van der Waals surface area contributed by atoms with Crippen molar-refractivity contribution < 1.29 is 31.2 Å². The lowest BCUT2D eigenvalue weighted by Gasteiger charge is -2.15. The molecule has 3 N–H and O–H groups in total. The van der Waals surface area contributed by atoms with Gasteiger partial charge in [0.2, 0.25) is 15.9 Å². The summed E-state index contributed by atoms with van der Waals surface area (Å²) >= 11 is 0. The van der Waals surface area contributed by atoms with E-state index in [0.29, 0.717) is 0 Å². The molecular formula is C14H16N4O7S2. The van der Waals surface area contributed by atoms with Crippen molar-refractivity contribution in [2.45, 2.75) is 17.4 Å². The molecular weight excluding hydrogens is 400 g/mol. The fraction of sp³-hybridized carbons (Fsp3) is 0.357. The monoisotopic (exact) mass is 416 g/mol. The van der Waals surface area contributed by atoms with Gasteiger partial charge in [0.15, 0.2) is 9.84 Å². The molecule has 1 aromatic carbocycles. The molecule has 0 aromatic heterocycles. The van der Waals surface area contributed by atoms with Gasteiger partial charge in [-0.05, 0) is 30.7 Å². The Morgan fingerprint density at radius 2 is 1.85 bits per heavy atom. The molecule has 0 radical (unpaired) electrons. The van der Waals surface area contributed by atoms with Gasteiger partial charge in [0.1, 0.15) is 6.54 Å². The zero-order chi connectivity index (χ0) is 19.8. The summed E-state index contributed by atoms with van der Waals surface area (Å²) in [5.41, 5.74) is 2.30. The Kier molecular flexibility index (Phi) is 4.92. The van der Waals surface area contributed by atoms with E-state index in [9.17, 15) is 31.2 Å². The topological polar surface area (TPSA) is 159 Å². The van der Waals surface area contributed by atoms with E-state index >= 15 is 0 Å². The van der Waals surface area contributed by atoms with E-state index in [4.69, 9.17) is 0 Å². The van der Waals surface area contributed by atoms with Crippen LogP contribution >= 0.6 is 0 Å². The molecule has 2 aliphatic heterocycles. The van der Waals surface area contributed by atoms with Crippen LogP contribution in [0.4, 0.5) is 4.79 Å². The fourth-order valence-electron chi connectivity index (χ4n) is 2.68. The highest BCUT2D eigenvalue weighted by Gasteiger charge is 2.32. The van der Waals surface area contributed by atoms with Crippen LogP contribution in [0.1, 0.15) is 16.8 Å². The minimum Gasteiger partial charge on any atom is -0.275 e. The second-order valence-electron chi connectivity index (χ2n) is 6.13. The van der Waals surface area contributed by atoms with Crippen molar-refractivity contribution in [1.29, 1.82) is 0 Å². The maximum Gasteiger partial charge on any atom is 0.343 e. The highest BCUT2D eigenvalue weighted by atomic mass is 32.2. The van der Waals surface area contributed by atoms with Gasteiger partial charge in [0, 0.05) is 11.6 Å². The molecule has 27 heavy (non-hydrogen) atoms. The average Bonchev–Trinajstić information content (AvgIpc) is 3.07. The summed E-state index contributed by atoms with van der Waals surface area (Å²) in [6, 6.07) is 3.42. The molecule has 146 valence electrons. The number of sulfone groups is 1. The number of nitrogens with one attached hydrogen (secondary N) is 3. The number of nitrogens with zero attached hydrogens (tertiary/aromatic N) is 1. The molecule has 4 amide bonds. The third-order valence-corrected chi connectivity index (χ3v) is 7.32. The van der Waals surface area contributed by atoms with Gasteiger partial charge in [-0.2, -0.15) is 0 Å². The highest BCUT2D eigenvalue weighted by molar-refractivity contribution is 7.92. The lowest BCUT2D eigenvalue weighted by molar-refractivity contribution is -0.118. The molecule has 11 nitrogen and oxygen atoms in total. The fourth-order valence-corrected chi connectivity index (χ4v) is 5.73. The van der Waals surface area contributed by atoms with Crippen molar-refractivity contribution in [2.75, 3.05) is 18.1 Å². The van der Waals surface area contributed by atoms with Crippen LogP contribution in [0.3, 0.4) is 0 Å². The third-order valence-electron chi connectivity index (χ3n) is 4.01. The predicted octanol–water partition coefficient (Wildman–Crippen LogP) is -1.65. The molecule has 1 atom stereocenters. The number of imide groups is 1. The third kappa shape index (κ3) is 4.43. The second-order valence-corrected chi connectivity index (χ2v) is 10.1. The number of benzene rings is 1. The smallest absolute Gasteiger partial charge is 0.275 e. The zero-order valence-corrected chi connectivity index (χ0v) is 15.5. The number of sulfonamides is 1. The van der Waals surface area contributed by atoms with Crippen LogP contribution in [-0.4, -0.2) is 63.8 Å². The predicted molar refractivity (Wildman–Crippen MR) is 91.5 cm³/mol. The van der Waals surface area contributed by atoms with Crippen molar-refractivity contribution in [3.8, 4) is 0 Å².